The highest BCUT2D eigenvalue weighted by Gasteiger charge is 2.27. The van der Waals surface area contributed by atoms with Crippen LogP contribution in [-0.4, -0.2) is 46.1 Å². The molecule has 0 amide bonds. The number of fused-ring (bicyclic) bond motifs is 1. The van der Waals surface area contributed by atoms with Gasteiger partial charge in [-0.25, -0.2) is 9.78 Å². The zero-order valence-corrected chi connectivity index (χ0v) is 21.8. The van der Waals surface area contributed by atoms with Crippen molar-refractivity contribution in [1.82, 2.24) is 9.66 Å². The summed E-state index contributed by atoms with van der Waals surface area (Å²) in [6.45, 7) is 6.94. The first-order valence-electron chi connectivity index (χ1n) is 11.2. The van der Waals surface area contributed by atoms with E-state index in [0.29, 0.717) is 23.1 Å². The Hall–Kier alpha value is -3.80. The Morgan fingerprint density at radius 1 is 1.25 bits per heavy atom. The number of nitro groups is 1. The molecule has 36 heavy (non-hydrogen) atoms. The lowest BCUT2D eigenvalue weighted by Crippen LogP contribution is -2.26. The number of rotatable bonds is 10. The fraction of sp³-hybridized carbons (Fsp3) is 0.333. The van der Waals surface area contributed by atoms with E-state index in [1.54, 1.807) is 32.0 Å². The zero-order chi connectivity index (χ0) is 26.4. The molecule has 0 spiro atoms. The molecule has 3 rings (SSSR count). The second kappa shape index (κ2) is 11.8. The molecule has 0 radical (unpaired) electrons. The number of nitro benzene ring substituents is 1. The maximum atomic E-state index is 13.1. The minimum atomic E-state index is -1.10. The number of aryl methyl sites for hydroxylation is 1. The molecule has 0 fully saturated rings. The summed E-state index contributed by atoms with van der Waals surface area (Å²) in [6.07, 6.45) is 0.637. The molecule has 0 aliphatic carbocycles. The van der Waals surface area contributed by atoms with Gasteiger partial charge < -0.3 is 14.2 Å². The van der Waals surface area contributed by atoms with Crippen molar-refractivity contribution in [2.75, 3.05) is 13.2 Å². The molecular weight excluding hydrogens is 536 g/mol. The molecule has 190 valence electrons. The number of benzene rings is 2. The molecule has 11 nitrogen and oxygen atoms in total. The Morgan fingerprint density at radius 2 is 2.00 bits per heavy atom. The standard InChI is InChI=1S/C24H25BrN4O7/c1-5-21-27-18-9-8-16(25)12-17(18)23(30)28(21)26-13-15-10-19(29(32)33)22(20(11-15)34-6-2)36-14(4)24(31)35-7-3/h8-14H,5-7H2,1-4H3/t14-/m0/s1. The van der Waals surface area contributed by atoms with Crippen molar-refractivity contribution < 1.29 is 23.9 Å². The summed E-state index contributed by atoms with van der Waals surface area (Å²) in [4.78, 5) is 40.8. The van der Waals surface area contributed by atoms with Gasteiger partial charge >= 0.3 is 11.7 Å². The summed E-state index contributed by atoms with van der Waals surface area (Å²) in [5.41, 5.74) is 0.0156. The highest BCUT2D eigenvalue weighted by molar-refractivity contribution is 9.10. The van der Waals surface area contributed by atoms with Crippen molar-refractivity contribution in [2.45, 2.75) is 40.2 Å². The molecule has 0 saturated carbocycles. The summed E-state index contributed by atoms with van der Waals surface area (Å²) in [5, 5.41) is 16.5. The summed E-state index contributed by atoms with van der Waals surface area (Å²) in [5.74, 6) is -0.397. The van der Waals surface area contributed by atoms with Crippen molar-refractivity contribution in [3.8, 4) is 11.5 Å². The predicted octanol–water partition coefficient (Wildman–Crippen LogP) is 4.24. The lowest BCUT2D eigenvalue weighted by molar-refractivity contribution is -0.386. The fourth-order valence-electron chi connectivity index (χ4n) is 3.35. The van der Waals surface area contributed by atoms with Crippen LogP contribution in [0.1, 0.15) is 39.1 Å². The Kier molecular flexibility index (Phi) is 8.75. The molecule has 1 atom stereocenters. The van der Waals surface area contributed by atoms with Gasteiger partial charge in [0.05, 0.1) is 35.3 Å². The van der Waals surface area contributed by atoms with Crippen molar-refractivity contribution in [3.05, 3.63) is 66.7 Å². The molecule has 12 heteroatoms. The third-order valence-electron chi connectivity index (χ3n) is 4.98. The van der Waals surface area contributed by atoms with Crippen molar-refractivity contribution >= 4 is 44.7 Å². The van der Waals surface area contributed by atoms with E-state index in [4.69, 9.17) is 14.2 Å². The second-order valence-electron chi connectivity index (χ2n) is 7.47. The van der Waals surface area contributed by atoms with E-state index in [9.17, 15) is 19.7 Å². The summed E-state index contributed by atoms with van der Waals surface area (Å²) in [7, 11) is 0. The smallest absolute Gasteiger partial charge is 0.347 e. The number of nitrogens with zero attached hydrogens (tertiary/aromatic N) is 4. The van der Waals surface area contributed by atoms with Crippen LogP contribution in [0.4, 0.5) is 5.69 Å². The summed E-state index contributed by atoms with van der Waals surface area (Å²) >= 11 is 3.35. The molecule has 1 aromatic heterocycles. The minimum absolute atomic E-state index is 0.0490. The largest absolute Gasteiger partial charge is 0.490 e. The number of carbonyl (C=O) groups is 1. The molecule has 0 aliphatic rings. The Morgan fingerprint density at radius 3 is 2.64 bits per heavy atom. The number of aromatic nitrogens is 2. The Labute approximate surface area is 215 Å². The molecule has 1 heterocycles. The number of ether oxygens (including phenoxy) is 3. The summed E-state index contributed by atoms with van der Waals surface area (Å²) in [6, 6.07) is 7.89. The summed E-state index contributed by atoms with van der Waals surface area (Å²) < 4.78 is 18.0. The second-order valence-corrected chi connectivity index (χ2v) is 8.39. The van der Waals surface area contributed by atoms with Gasteiger partial charge in [0.25, 0.3) is 5.56 Å². The van der Waals surface area contributed by atoms with E-state index < -0.39 is 22.7 Å². The van der Waals surface area contributed by atoms with Gasteiger partial charge in [-0.3, -0.25) is 14.9 Å². The Bertz CT molecular complexity index is 1390. The zero-order valence-electron chi connectivity index (χ0n) is 20.2. The average Bonchev–Trinajstić information content (AvgIpc) is 2.84. The van der Waals surface area contributed by atoms with Crippen LogP contribution in [0.3, 0.4) is 0 Å². The number of hydrogen-bond acceptors (Lipinski definition) is 9. The van der Waals surface area contributed by atoms with Crippen LogP contribution in [0.25, 0.3) is 10.9 Å². The molecule has 0 unspecified atom stereocenters. The first kappa shape index (κ1) is 26.8. The fourth-order valence-corrected chi connectivity index (χ4v) is 3.71. The molecular formula is C24H25BrN4O7. The number of halogens is 1. The van der Waals surface area contributed by atoms with E-state index in [0.717, 1.165) is 9.15 Å². The van der Waals surface area contributed by atoms with Gasteiger partial charge in [-0.15, -0.1) is 0 Å². The van der Waals surface area contributed by atoms with Crippen LogP contribution in [0.15, 0.2) is 44.7 Å². The highest BCUT2D eigenvalue weighted by atomic mass is 79.9. The van der Waals surface area contributed by atoms with E-state index in [2.05, 4.69) is 26.0 Å². The van der Waals surface area contributed by atoms with Gasteiger partial charge in [0, 0.05) is 22.5 Å². The van der Waals surface area contributed by atoms with Gasteiger partial charge in [0.15, 0.2) is 11.9 Å². The molecule has 0 saturated heterocycles. The minimum Gasteiger partial charge on any atom is -0.490 e. The van der Waals surface area contributed by atoms with E-state index >= 15 is 0 Å². The van der Waals surface area contributed by atoms with Gasteiger partial charge in [-0.1, -0.05) is 22.9 Å². The van der Waals surface area contributed by atoms with E-state index in [1.807, 2.05) is 6.92 Å². The van der Waals surface area contributed by atoms with Gasteiger partial charge in [-0.2, -0.15) is 9.78 Å². The van der Waals surface area contributed by atoms with Crippen LogP contribution in [0, 0.1) is 10.1 Å². The maximum Gasteiger partial charge on any atom is 0.347 e. The van der Waals surface area contributed by atoms with Crippen LogP contribution in [0.5, 0.6) is 11.5 Å². The van der Waals surface area contributed by atoms with E-state index in [-0.39, 0.29) is 35.8 Å². The highest BCUT2D eigenvalue weighted by Crippen LogP contribution is 2.39. The van der Waals surface area contributed by atoms with Crippen LogP contribution in [0.2, 0.25) is 0 Å². The van der Waals surface area contributed by atoms with Gasteiger partial charge in [0.2, 0.25) is 5.75 Å². The van der Waals surface area contributed by atoms with Crippen LogP contribution < -0.4 is 15.0 Å². The molecule has 2 aromatic carbocycles. The number of esters is 1. The Balaban J connectivity index is 2.10. The first-order chi connectivity index (χ1) is 17.2. The molecule has 0 aliphatic heterocycles. The quantitative estimate of drug-likeness (QED) is 0.155. The molecule has 3 aromatic rings. The lowest BCUT2D eigenvalue weighted by atomic mass is 10.1. The van der Waals surface area contributed by atoms with Crippen molar-refractivity contribution in [2.24, 2.45) is 5.10 Å². The van der Waals surface area contributed by atoms with Gasteiger partial charge in [-0.05, 0) is 45.0 Å². The average molecular weight is 561 g/mol. The maximum absolute atomic E-state index is 13.1. The predicted molar refractivity (Wildman–Crippen MR) is 137 cm³/mol. The number of hydrogen-bond donors (Lipinski definition) is 0. The third-order valence-corrected chi connectivity index (χ3v) is 5.47. The first-order valence-corrected chi connectivity index (χ1v) is 12.0. The monoisotopic (exact) mass is 560 g/mol. The normalized spacial score (nSPS) is 12.0. The van der Waals surface area contributed by atoms with Crippen LogP contribution in [-0.2, 0) is 16.0 Å². The lowest BCUT2D eigenvalue weighted by Gasteiger charge is -2.17. The number of carbonyl (C=O) groups excluding carboxylic acids is 1. The van der Waals surface area contributed by atoms with E-state index in [1.165, 1.54) is 25.3 Å². The molecule has 0 N–H and O–H groups in total. The topological polar surface area (TPSA) is 135 Å². The van der Waals surface area contributed by atoms with Gasteiger partial charge in [0.1, 0.15) is 5.82 Å². The van der Waals surface area contributed by atoms with Crippen LogP contribution >= 0.6 is 15.9 Å². The molecule has 0 bridgehead atoms. The SMILES string of the molecule is CCOC(=O)[C@H](C)Oc1c(OCC)cc(C=Nn2c(CC)nc3ccc(Br)cc3c2=O)cc1[N+](=O)[O-]. The van der Waals surface area contributed by atoms with Crippen molar-refractivity contribution in [3.63, 3.8) is 0 Å². The third kappa shape index (κ3) is 5.88. The van der Waals surface area contributed by atoms with Crippen molar-refractivity contribution in [1.29, 1.82) is 0 Å².